The van der Waals surface area contributed by atoms with Crippen LogP contribution < -0.4 is 20.3 Å². The fraction of sp³-hybridized carbons (Fsp3) is 0.333. The smallest absolute Gasteiger partial charge is 0.257 e. The van der Waals surface area contributed by atoms with Gasteiger partial charge in [-0.2, -0.15) is 0 Å². The second-order valence-electron chi connectivity index (χ2n) is 10.4. The number of fused-ring (bicyclic) bond motifs is 2. The molecule has 0 bridgehead atoms. The number of nitrogens with zero attached hydrogens (tertiary/aromatic N) is 2. The molecule has 0 radical (unpaired) electrons. The first-order valence-corrected chi connectivity index (χ1v) is 15.5. The minimum absolute atomic E-state index is 0.159. The highest BCUT2D eigenvalue weighted by atomic mass is 32.2. The zero-order valence-corrected chi connectivity index (χ0v) is 23.7. The molecule has 1 saturated heterocycles. The van der Waals surface area contributed by atoms with Gasteiger partial charge >= 0.3 is 0 Å². The monoisotopic (exact) mass is 561 g/mol. The van der Waals surface area contributed by atoms with E-state index in [1.54, 1.807) is 42.5 Å². The number of carbonyl (C=O) groups is 2. The minimum atomic E-state index is -3.47. The van der Waals surface area contributed by atoms with Crippen LogP contribution in [0.2, 0.25) is 0 Å². The molecular weight excluding hydrogens is 526 g/mol. The molecule has 3 aromatic rings. The van der Waals surface area contributed by atoms with Crippen LogP contribution in [0.4, 0.5) is 22.7 Å². The van der Waals surface area contributed by atoms with Crippen molar-refractivity contribution in [1.29, 1.82) is 0 Å². The van der Waals surface area contributed by atoms with Crippen LogP contribution in [0.5, 0.6) is 0 Å². The largest absolute Gasteiger partial charge is 0.353 e. The summed E-state index contributed by atoms with van der Waals surface area (Å²) < 4.78 is 25.7. The molecule has 0 unspecified atom stereocenters. The maximum absolute atomic E-state index is 13.0. The number of likely N-dealkylation sites (tertiary alicyclic amines) is 1. The molecule has 2 amide bonds. The highest BCUT2D eigenvalue weighted by molar-refractivity contribution is 7.92. The molecule has 1 fully saturated rings. The van der Waals surface area contributed by atoms with Crippen LogP contribution in [0.25, 0.3) is 11.1 Å². The molecule has 5 rings (SSSR count). The fourth-order valence-corrected chi connectivity index (χ4v) is 5.70. The number of para-hydroxylation sites is 1. The summed E-state index contributed by atoms with van der Waals surface area (Å²) >= 11 is 0. The normalized spacial score (nSPS) is 14.9. The predicted octanol–water partition coefficient (Wildman–Crippen LogP) is 4.66. The molecule has 2 aliphatic heterocycles. The zero-order chi connectivity index (χ0) is 28.3. The van der Waals surface area contributed by atoms with Crippen molar-refractivity contribution in [2.24, 2.45) is 0 Å². The van der Waals surface area contributed by atoms with Crippen molar-refractivity contribution in [3.8, 4) is 11.1 Å². The van der Waals surface area contributed by atoms with Gasteiger partial charge < -0.3 is 20.9 Å². The lowest BCUT2D eigenvalue weighted by atomic mass is 10.0. The maximum atomic E-state index is 13.0. The maximum Gasteiger partial charge on any atom is 0.257 e. The Bertz CT molecular complexity index is 1530. The van der Waals surface area contributed by atoms with E-state index in [-0.39, 0.29) is 11.8 Å². The van der Waals surface area contributed by atoms with Gasteiger partial charge in [0.1, 0.15) is 0 Å². The molecule has 9 nitrogen and oxygen atoms in total. The number of hydrogen-bond acceptors (Lipinski definition) is 6. The number of anilines is 4. The van der Waals surface area contributed by atoms with Crippen LogP contribution in [0.15, 0.2) is 60.7 Å². The van der Waals surface area contributed by atoms with Gasteiger partial charge in [0.25, 0.3) is 11.8 Å². The number of amides is 2. The molecule has 0 saturated carbocycles. The van der Waals surface area contributed by atoms with Gasteiger partial charge in [0.15, 0.2) is 0 Å². The van der Waals surface area contributed by atoms with E-state index in [9.17, 15) is 18.0 Å². The lowest BCUT2D eigenvalue weighted by Crippen LogP contribution is -2.26. The Kier molecular flexibility index (Phi) is 8.09. The van der Waals surface area contributed by atoms with Crippen LogP contribution in [-0.2, 0) is 10.0 Å². The highest BCUT2D eigenvalue weighted by Crippen LogP contribution is 2.37. The van der Waals surface area contributed by atoms with E-state index in [1.165, 1.54) is 37.3 Å². The molecular formula is C30H35N5O4S. The fourth-order valence-electron chi connectivity index (χ4n) is 5.19. The summed E-state index contributed by atoms with van der Waals surface area (Å²) in [6, 6.07) is 17.7. The van der Waals surface area contributed by atoms with Crippen LogP contribution in [0.1, 0.15) is 46.4 Å². The lowest BCUT2D eigenvalue weighted by molar-refractivity contribution is 0.0952. The van der Waals surface area contributed by atoms with Crippen molar-refractivity contribution in [2.75, 3.05) is 54.4 Å². The van der Waals surface area contributed by atoms with E-state index in [4.69, 9.17) is 0 Å². The average Bonchev–Trinajstić information content (AvgIpc) is 3.41. The van der Waals surface area contributed by atoms with Crippen LogP contribution in [0, 0.1) is 0 Å². The third-order valence-electron chi connectivity index (χ3n) is 7.50. The Balaban J connectivity index is 1.34. The summed E-state index contributed by atoms with van der Waals surface area (Å²) in [4.78, 5) is 28.4. The second-order valence-corrected chi connectivity index (χ2v) is 12.4. The number of benzene rings is 3. The number of carbonyl (C=O) groups excluding carboxylic acids is 2. The first-order valence-electron chi connectivity index (χ1n) is 13.6. The number of rotatable bonds is 9. The van der Waals surface area contributed by atoms with Gasteiger partial charge in [0.05, 0.1) is 34.6 Å². The van der Waals surface area contributed by atoms with Crippen LogP contribution >= 0.6 is 0 Å². The Labute approximate surface area is 235 Å². The predicted molar refractivity (Wildman–Crippen MR) is 160 cm³/mol. The van der Waals surface area contributed by atoms with Crippen LogP contribution in [-0.4, -0.2) is 64.6 Å². The van der Waals surface area contributed by atoms with Crippen molar-refractivity contribution in [2.45, 2.75) is 25.7 Å². The molecule has 0 atom stereocenters. The molecule has 10 heteroatoms. The number of nitrogens with one attached hydrogen (secondary N) is 3. The summed E-state index contributed by atoms with van der Waals surface area (Å²) in [5, 5.41) is 9.25. The van der Waals surface area contributed by atoms with Gasteiger partial charge in [-0.1, -0.05) is 24.3 Å². The third-order valence-corrected chi connectivity index (χ3v) is 8.69. The summed E-state index contributed by atoms with van der Waals surface area (Å²) in [6.07, 6.45) is 5.70. The van der Waals surface area contributed by atoms with Crippen molar-refractivity contribution in [3.05, 3.63) is 71.8 Å². The van der Waals surface area contributed by atoms with Crippen molar-refractivity contribution in [1.82, 2.24) is 10.2 Å². The van der Waals surface area contributed by atoms with Gasteiger partial charge in [0, 0.05) is 24.7 Å². The Hall–Kier alpha value is -3.89. The molecule has 3 aromatic carbocycles. The lowest BCUT2D eigenvalue weighted by Gasteiger charge is -2.21. The number of hydrogen-bond donors (Lipinski definition) is 3. The second kappa shape index (κ2) is 11.7. The highest BCUT2D eigenvalue weighted by Gasteiger charge is 2.22. The molecule has 3 N–H and O–H groups in total. The first kappa shape index (κ1) is 27.7. The Morgan fingerprint density at radius 2 is 1.70 bits per heavy atom. The molecule has 0 aliphatic carbocycles. The molecule has 210 valence electrons. The van der Waals surface area contributed by atoms with Crippen molar-refractivity contribution in [3.63, 3.8) is 0 Å². The van der Waals surface area contributed by atoms with Gasteiger partial charge in [-0.3, -0.25) is 13.9 Å². The molecule has 0 aromatic heterocycles. The quantitative estimate of drug-likeness (QED) is 0.328. The van der Waals surface area contributed by atoms with Gasteiger partial charge in [-0.25, -0.2) is 8.42 Å². The van der Waals surface area contributed by atoms with Gasteiger partial charge in [-0.15, -0.1) is 0 Å². The van der Waals surface area contributed by atoms with E-state index >= 15 is 0 Å². The molecule has 2 heterocycles. The van der Waals surface area contributed by atoms with Crippen molar-refractivity contribution < 1.29 is 18.0 Å². The van der Waals surface area contributed by atoms with Crippen molar-refractivity contribution >= 4 is 44.6 Å². The van der Waals surface area contributed by atoms with Gasteiger partial charge in [-0.05, 0) is 87.3 Å². The minimum Gasteiger partial charge on any atom is -0.353 e. The van der Waals surface area contributed by atoms with E-state index in [2.05, 4.69) is 20.9 Å². The van der Waals surface area contributed by atoms with E-state index in [1.807, 2.05) is 18.2 Å². The topological polar surface area (TPSA) is 111 Å². The van der Waals surface area contributed by atoms with E-state index in [0.29, 0.717) is 46.0 Å². The average molecular weight is 562 g/mol. The summed E-state index contributed by atoms with van der Waals surface area (Å²) in [6.45, 7) is 4.05. The number of unbranched alkanes of at least 4 members (excludes halogenated alkanes) is 1. The molecule has 0 spiro atoms. The molecule has 40 heavy (non-hydrogen) atoms. The first-order chi connectivity index (χ1) is 19.2. The standard InChI is InChI=1S/C30H35N5O4S/c1-34(40(2,38)39)28-10-4-3-9-23(28)21-11-13-24-26(19-21)32-27-20-22(12-14-25(27)33-30(24)37)29(36)31-15-5-6-16-35-17-7-8-18-35/h3-4,9-14,19-20,32H,5-8,15-18H2,1-2H3,(H,31,36)(H,33,37). The third kappa shape index (κ3) is 6.13. The number of sulfonamides is 1. The SMILES string of the molecule is CN(c1ccccc1-c1ccc2c(c1)Nc1cc(C(=O)NCCCCN3CCCC3)ccc1NC2=O)S(C)(=O)=O. The summed E-state index contributed by atoms with van der Waals surface area (Å²) in [5.74, 6) is -0.433. The summed E-state index contributed by atoms with van der Waals surface area (Å²) in [5.41, 5.74) is 4.67. The Morgan fingerprint density at radius 3 is 2.48 bits per heavy atom. The van der Waals surface area contributed by atoms with Crippen LogP contribution in [0.3, 0.4) is 0 Å². The zero-order valence-electron chi connectivity index (χ0n) is 22.9. The summed E-state index contributed by atoms with van der Waals surface area (Å²) in [7, 11) is -1.96. The van der Waals surface area contributed by atoms with Gasteiger partial charge in [0.2, 0.25) is 10.0 Å². The van der Waals surface area contributed by atoms with E-state index < -0.39 is 10.0 Å². The molecule has 2 aliphatic rings. The van der Waals surface area contributed by atoms with E-state index in [0.717, 1.165) is 31.2 Å². The Morgan fingerprint density at radius 1 is 0.925 bits per heavy atom.